The molecule has 2 amide bonds. The summed E-state index contributed by atoms with van der Waals surface area (Å²) in [5.74, 6) is -1.60. The zero-order valence-corrected chi connectivity index (χ0v) is 30.8. The summed E-state index contributed by atoms with van der Waals surface area (Å²) in [4.78, 5) is 39.1. The normalized spacial score (nSPS) is 14.1. The highest BCUT2D eigenvalue weighted by Crippen LogP contribution is 2.39. The summed E-state index contributed by atoms with van der Waals surface area (Å²) in [6, 6.07) is 30.7. The first-order valence-corrected chi connectivity index (χ1v) is 18.3. The number of hydrogen-bond acceptors (Lipinski definition) is 6. The summed E-state index contributed by atoms with van der Waals surface area (Å²) in [6.07, 6.45) is -8.40. The second kappa shape index (κ2) is 16.2. The number of aromatic carboxylic acids is 1. The van der Waals surface area contributed by atoms with Crippen molar-refractivity contribution in [2.75, 3.05) is 0 Å². The maximum absolute atomic E-state index is 13.6. The fraction of sp³-hybridized carbons (Fsp3) is 0.140. The smallest absolute Gasteiger partial charge is 0.416 e. The maximum Gasteiger partial charge on any atom is 0.416 e. The highest BCUT2D eigenvalue weighted by Gasteiger charge is 2.38. The Hall–Kier alpha value is -6.48. The van der Waals surface area contributed by atoms with Crippen LogP contribution in [0.25, 0.3) is 17.0 Å². The van der Waals surface area contributed by atoms with Gasteiger partial charge in [0.25, 0.3) is 11.1 Å². The first-order valence-electron chi connectivity index (χ1n) is 17.5. The van der Waals surface area contributed by atoms with E-state index in [-0.39, 0.29) is 36.2 Å². The molecule has 0 saturated carbocycles. The fourth-order valence-electron chi connectivity index (χ4n) is 6.20. The molecule has 0 unspecified atom stereocenters. The number of thioether (sulfide) groups is 1. The number of carbonyl (C=O) groups is 3. The lowest BCUT2D eigenvalue weighted by Gasteiger charge is -2.15. The third kappa shape index (κ3) is 9.21. The van der Waals surface area contributed by atoms with E-state index < -0.39 is 46.3 Å². The minimum atomic E-state index is -5.01. The van der Waals surface area contributed by atoms with E-state index in [1.165, 1.54) is 24.3 Å². The number of aromatic nitrogens is 1. The van der Waals surface area contributed by atoms with Crippen LogP contribution in [0.3, 0.4) is 0 Å². The third-order valence-electron chi connectivity index (χ3n) is 9.18. The average molecular weight is 817 g/mol. The molecule has 8 nitrogen and oxygen atoms in total. The molecule has 58 heavy (non-hydrogen) atoms. The Bertz CT molecular complexity index is 2500. The van der Waals surface area contributed by atoms with Gasteiger partial charge >= 0.3 is 18.3 Å². The van der Waals surface area contributed by atoms with Crippen molar-refractivity contribution >= 4 is 45.9 Å². The van der Waals surface area contributed by atoms with Gasteiger partial charge in [0.2, 0.25) is 0 Å². The van der Waals surface area contributed by atoms with Gasteiger partial charge in [0.15, 0.2) is 0 Å². The van der Waals surface area contributed by atoms with E-state index in [1.807, 2.05) is 59.2 Å². The van der Waals surface area contributed by atoms with Crippen molar-refractivity contribution in [1.82, 2.24) is 9.47 Å². The van der Waals surface area contributed by atoms with Crippen LogP contribution in [-0.4, -0.2) is 31.7 Å². The molecule has 2 heterocycles. The Labute approximate surface area is 330 Å². The topological polar surface area (TPSA) is 98.1 Å². The van der Waals surface area contributed by atoms with Crippen molar-refractivity contribution in [3.8, 4) is 11.5 Å². The maximum atomic E-state index is 13.6. The van der Waals surface area contributed by atoms with Crippen molar-refractivity contribution in [3.63, 3.8) is 0 Å². The van der Waals surface area contributed by atoms with Crippen LogP contribution in [0.4, 0.5) is 31.1 Å². The van der Waals surface area contributed by atoms with E-state index in [4.69, 9.17) is 9.47 Å². The lowest BCUT2D eigenvalue weighted by molar-refractivity contribution is -0.143. The van der Waals surface area contributed by atoms with Gasteiger partial charge in [0.1, 0.15) is 24.7 Å². The summed E-state index contributed by atoms with van der Waals surface area (Å²) in [7, 11) is 0. The molecule has 6 aromatic rings. The van der Waals surface area contributed by atoms with Gasteiger partial charge in [-0.15, -0.1) is 0 Å². The highest BCUT2D eigenvalue weighted by molar-refractivity contribution is 8.18. The number of rotatable bonds is 12. The van der Waals surface area contributed by atoms with Gasteiger partial charge in [0.05, 0.1) is 28.1 Å². The molecule has 1 fully saturated rings. The molecule has 1 N–H and O–H groups in total. The van der Waals surface area contributed by atoms with Crippen LogP contribution < -0.4 is 9.47 Å². The Morgan fingerprint density at radius 3 is 1.84 bits per heavy atom. The molecule has 1 saturated heterocycles. The van der Waals surface area contributed by atoms with Crippen LogP contribution >= 0.6 is 11.8 Å². The molecule has 15 heteroatoms. The Kier molecular flexibility index (Phi) is 11.1. The molecular weight excluding hydrogens is 787 g/mol. The molecule has 5 aromatic carbocycles. The lowest BCUT2D eigenvalue weighted by Crippen LogP contribution is -2.27. The standard InChI is InChI=1S/C43H30F6N2O6S/c44-42(45,46)32-18-33(43(47,48)49)20-36(19-32)57-25-29-8-6-26(7-9-29)22-50-34(16-31-17-35(14-15-37(31)50)56-24-28-4-2-1-3-5-28)21-38-39(52)51(41(55)58-38)23-27-10-12-30(13-11-27)40(53)54/h1-21H,22-25H2,(H,53,54). The van der Waals surface area contributed by atoms with Crippen LogP contribution in [0.15, 0.2) is 126 Å². The number of fused-ring (bicyclic) bond motifs is 1. The summed E-state index contributed by atoms with van der Waals surface area (Å²) >= 11 is 0.775. The molecule has 0 bridgehead atoms. The van der Waals surface area contributed by atoms with Crippen molar-refractivity contribution in [3.05, 3.63) is 171 Å². The number of halogens is 6. The van der Waals surface area contributed by atoms with Crippen LogP contribution in [0.1, 0.15) is 49.4 Å². The van der Waals surface area contributed by atoms with Gasteiger partial charge in [-0.05, 0) is 94.7 Å². The minimum absolute atomic E-state index is 0.0366. The molecule has 0 spiro atoms. The number of benzene rings is 5. The van der Waals surface area contributed by atoms with Crippen molar-refractivity contribution < 1.29 is 55.3 Å². The largest absolute Gasteiger partial charge is 0.489 e. The number of carbonyl (C=O) groups excluding carboxylic acids is 2. The average Bonchev–Trinajstić information content (AvgIpc) is 3.66. The molecule has 1 aromatic heterocycles. The number of ether oxygens (including phenoxy) is 2. The second-order valence-electron chi connectivity index (χ2n) is 13.3. The van der Waals surface area contributed by atoms with E-state index in [0.717, 1.165) is 38.7 Å². The molecule has 1 aliphatic heterocycles. The Morgan fingerprint density at radius 1 is 0.655 bits per heavy atom. The molecule has 0 aliphatic carbocycles. The second-order valence-corrected chi connectivity index (χ2v) is 14.3. The molecule has 0 radical (unpaired) electrons. The molecule has 0 atom stereocenters. The number of hydrogen-bond donors (Lipinski definition) is 1. The van der Waals surface area contributed by atoms with E-state index in [1.54, 1.807) is 30.3 Å². The predicted octanol–water partition coefficient (Wildman–Crippen LogP) is 10.8. The lowest BCUT2D eigenvalue weighted by atomic mass is 10.1. The summed E-state index contributed by atoms with van der Waals surface area (Å²) in [5.41, 5.74) is 1.27. The van der Waals surface area contributed by atoms with Gasteiger partial charge in [-0.3, -0.25) is 14.5 Å². The van der Waals surface area contributed by atoms with Crippen molar-refractivity contribution in [2.45, 2.75) is 38.7 Å². The summed E-state index contributed by atoms with van der Waals surface area (Å²) in [6.45, 7) is 0.241. The number of nitrogens with zero attached hydrogens (tertiary/aromatic N) is 2. The zero-order chi connectivity index (χ0) is 41.2. The van der Waals surface area contributed by atoms with Crippen LogP contribution in [0.5, 0.6) is 11.5 Å². The van der Waals surface area contributed by atoms with Gasteiger partial charge in [-0.2, -0.15) is 26.3 Å². The number of alkyl halides is 6. The molecule has 1 aliphatic rings. The van der Waals surface area contributed by atoms with Gasteiger partial charge in [0, 0.05) is 23.1 Å². The molecule has 296 valence electrons. The number of amides is 2. The molecular formula is C43H30F6N2O6S. The number of carboxylic acid groups (broad SMARTS) is 1. The van der Waals surface area contributed by atoms with Gasteiger partial charge < -0.3 is 19.1 Å². The van der Waals surface area contributed by atoms with Gasteiger partial charge in [-0.1, -0.05) is 66.7 Å². The number of carboxylic acids is 1. The quantitative estimate of drug-likeness (QED) is 0.0970. The minimum Gasteiger partial charge on any atom is -0.489 e. The van der Waals surface area contributed by atoms with Crippen LogP contribution in [-0.2, 0) is 43.5 Å². The van der Waals surface area contributed by atoms with Gasteiger partial charge in [-0.25, -0.2) is 4.79 Å². The predicted molar refractivity (Wildman–Crippen MR) is 204 cm³/mol. The third-order valence-corrected chi connectivity index (χ3v) is 10.1. The van der Waals surface area contributed by atoms with Crippen LogP contribution in [0, 0.1) is 0 Å². The van der Waals surface area contributed by atoms with Crippen molar-refractivity contribution in [1.29, 1.82) is 0 Å². The zero-order valence-electron chi connectivity index (χ0n) is 30.0. The first-order chi connectivity index (χ1) is 27.6. The van der Waals surface area contributed by atoms with Crippen LogP contribution in [0.2, 0.25) is 0 Å². The summed E-state index contributed by atoms with van der Waals surface area (Å²) in [5, 5.41) is 9.49. The van der Waals surface area contributed by atoms with E-state index >= 15 is 0 Å². The Morgan fingerprint density at radius 2 is 1.22 bits per heavy atom. The number of imide groups is 1. The molecule has 7 rings (SSSR count). The first kappa shape index (κ1) is 39.7. The van der Waals surface area contributed by atoms with E-state index in [2.05, 4.69) is 0 Å². The monoisotopic (exact) mass is 816 g/mol. The van der Waals surface area contributed by atoms with E-state index in [0.29, 0.717) is 41.3 Å². The Balaban J connectivity index is 1.14. The fourth-order valence-corrected chi connectivity index (χ4v) is 7.03. The highest BCUT2D eigenvalue weighted by atomic mass is 32.2. The SMILES string of the molecule is O=C(O)c1ccc(CN2C(=O)SC(=Cc3cc4cc(OCc5ccccc5)ccc4n3Cc3ccc(COc4cc(C(F)(F)F)cc(C(F)(F)F)c4)cc3)C2=O)cc1. The van der Waals surface area contributed by atoms with E-state index in [9.17, 15) is 45.8 Å². The summed E-state index contributed by atoms with van der Waals surface area (Å²) < 4.78 is 93.4. The van der Waals surface area contributed by atoms with Crippen molar-refractivity contribution in [2.24, 2.45) is 0 Å².